The van der Waals surface area contributed by atoms with Crippen molar-refractivity contribution in [3.8, 4) is 5.69 Å². The molecule has 2 aliphatic heterocycles. The largest absolute Gasteiger partial charge is 0.333 e. The molecule has 2 fully saturated rings. The number of carbonyl (C=O) groups is 2. The van der Waals surface area contributed by atoms with Crippen LogP contribution in [0.1, 0.15) is 73.6 Å². The molecule has 6 rings (SSSR count). The van der Waals surface area contributed by atoms with Crippen molar-refractivity contribution in [1.82, 2.24) is 19.7 Å². The van der Waals surface area contributed by atoms with Crippen LogP contribution in [0, 0.1) is 12.8 Å². The van der Waals surface area contributed by atoms with E-state index < -0.39 is 0 Å². The van der Waals surface area contributed by atoms with Crippen molar-refractivity contribution >= 4 is 23.4 Å². The molecule has 2 saturated heterocycles. The van der Waals surface area contributed by atoms with Crippen LogP contribution in [0.5, 0.6) is 0 Å². The summed E-state index contributed by atoms with van der Waals surface area (Å²) >= 11 is 0. The van der Waals surface area contributed by atoms with Gasteiger partial charge in [-0.2, -0.15) is 5.10 Å². The van der Waals surface area contributed by atoms with Gasteiger partial charge in [-0.05, 0) is 86.9 Å². The Balaban J connectivity index is 1.11. The molecule has 2 unspecified atom stereocenters. The quantitative estimate of drug-likeness (QED) is 0.255. The molecular weight excluding hydrogens is 536 g/mol. The summed E-state index contributed by atoms with van der Waals surface area (Å²) in [5.41, 5.74) is 5.44. The van der Waals surface area contributed by atoms with Crippen LogP contribution in [0.4, 0.5) is 16.3 Å². The van der Waals surface area contributed by atoms with Gasteiger partial charge in [0.15, 0.2) is 0 Å². The molecule has 8 heteroatoms. The second kappa shape index (κ2) is 11.7. The zero-order valence-corrected chi connectivity index (χ0v) is 25.4. The van der Waals surface area contributed by atoms with E-state index in [9.17, 15) is 9.59 Å². The van der Waals surface area contributed by atoms with Crippen molar-refractivity contribution in [2.75, 3.05) is 10.6 Å². The zero-order chi connectivity index (χ0) is 30.1. The van der Waals surface area contributed by atoms with Crippen molar-refractivity contribution < 1.29 is 9.59 Å². The van der Waals surface area contributed by atoms with Crippen molar-refractivity contribution in [3.63, 3.8) is 0 Å². The van der Waals surface area contributed by atoms with Gasteiger partial charge in [-0.25, -0.2) is 9.48 Å². The minimum Gasteiger partial charge on any atom is -0.333 e. The molecule has 0 radical (unpaired) electrons. The highest BCUT2D eigenvalue weighted by molar-refractivity contribution is 5.99. The maximum absolute atomic E-state index is 13.2. The summed E-state index contributed by atoms with van der Waals surface area (Å²) in [6.07, 6.45) is 8.44. The van der Waals surface area contributed by atoms with Gasteiger partial charge in [0.2, 0.25) is 0 Å². The molecule has 2 aromatic heterocycles. The monoisotopic (exact) mass is 576 g/mol. The van der Waals surface area contributed by atoms with Crippen LogP contribution in [0.3, 0.4) is 0 Å². The number of carbonyl (C=O) groups excluding carboxylic acids is 2. The van der Waals surface area contributed by atoms with E-state index in [-0.39, 0.29) is 29.4 Å². The van der Waals surface area contributed by atoms with E-state index in [2.05, 4.69) is 53.4 Å². The highest BCUT2D eigenvalue weighted by Crippen LogP contribution is 2.41. The molecule has 2 aliphatic rings. The Labute approximate surface area is 253 Å². The summed E-state index contributed by atoms with van der Waals surface area (Å²) in [5.74, 6) is 1.25. The molecule has 222 valence electrons. The number of aromatic nitrogens is 3. The fourth-order valence-electron chi connectivity index (χ4n) is 6.54. The van der Waals surface area contributed by atoms with E-state index in [0.29, 0.717) is 11.7 Å². The molecule has 2 aromatic carbocycles. The van der Waals surface area contributed by atoms with Crippen molar-refractivity contribution in [1.29, 1.82) is 0 Å². The smallest absolute Gasteiger partial charge is 0.324 e. The number of pyridine rings is 1. The van der Waals surface area contributed by atoms with E-state index in [1.165, 1.54) is 5.56 Å². The molecule has 2 bridgehead atoms. The summed E-state index contributed by atoms with van der Waals surface area (Å²) in [6.45, 7) is 8.38. The standard InChI is InChI=1S/C35H40N6O2/c1-23-8-10-28(11-9-23)41-32(22-31(39-41)35(2,3)4)38-34(43)37-27-7-5-6-24(19-27)18-25-20-29-12-13-30(21-25)40(29)33(42)26-14-16-36-17-15-26/h5-11,14-17,19,22,25,29-30H,12-13,18,20-21H2,1-4H3,(H2,37,38,43). The highest BCUT2D eigenvalue weighted by Gasteiger charge is 2.43. The number of benzene rings is 2. The topological polar surface area (TPSA) is 92.2 Å². The fraction of sp³-hybridized carbons (Fsp3) is 0.371. The SMILES string of the molecule is Cc1ccc(-n2nc(C(C)(C)C)cc2NC(=O)Nc2cccc(CC3CC4CCC(C3)N4C(=O)c3ccncc3)c2)cc1. The van der Waals surface area contributed by atoms with Crippen molar-refractivity contribution in [2.45, 2.75) is 77.3 Å². The molecule has 8 nitrogen and oxygen atoms in total. The van der Waals surface area contributed by atoms with Crippen LogP contribution in [-0.4, -0.2) is 43.7 Å². The first-order valence-electron chi connectivity index (χ1n) is 15.2. The van der Waals surface area contributed by atoms with E-state index >= 15 is 0 Å². The first-order valence-corrected chi connectivity index (χ1v) is 15.2. The van der Waals surface area contributed by atoms with Crippen LogP contribution < -0.4 is 10.6 Å². The Morgan fingerprint density at radius 1 is 0.907 bits per heavy atom. The molecule has 2 atom stereocenters. The molecule has 0 aliphatic carbocycles. The Hall–Kier alpha value is -4.46. The lowest BCUT2D eigenvalue weighted by Crippen LogP contribution is -2.46. The summed E-state index contributed by atoms with van der Waals surface area (Å²) in [7, 11) is 0. The molecule has 0 spiro atoms. The van der Waals surface area contributed by atoms with Crippen molar-refractivity contribution in [3.05, 3.63) is 102 Å². The second-order valence-corrected chi connectivity index (χ2v) is 13.1. The van der Waals surface area contributed by atoms with Gasteiger partial charge in [0.1, 0.15) is 5.82 Å². The number of hydrogen-bond donors (Lipinski definition) is 2. The number of urea groups is 1. The minimum atomic E-state index is -0.313. The van der Waals surface area contributed by atoms with Gasteiger partial charge in [-0.1, -0.05) is 50.6 Å². The van der Waals surface area contributed by atoms with Gasteiger partial charge < -0.3 is 10.2 Å². The zero-order valence-electron chi connectivity index (χ0n) is 25.4. The van der Waals surface area contributed by atoms with Crippen LogP contribution in [0.2, 0.25) is 0 Å². The van der Waals surface area contributed by atoms with E-state index in [1.807, 2.05) is 61.5 Å². The molecular formula is C35H40N6O2. The fourth-order valence-corrected chi connectivity index (χ4v) is 6.54. The Morgan fingerprint density at radius 2 is 1.60 bits per heavy atom. The van der Waals surface area contributed by atoms with Crippen LogP contribution in [0.25, 0.3) is 5.69 Å². The lowest BCUT2D eigenvalue weighted by molar-refractivity contribution is 0.0524. The van der Waals surface area contributed by atoms with E-state index in [0.717, 1.165) is 60.3 Å². The number of nitrogens with zero attached hydrogens (tertiary/aromatic N) is 4. The maximum atomic E-state index is 13.2. The number of nitrogens with one attached hydrogen (secondary N) is 2. The summed E-state index contributed by atoms with van der Waals surface area (Å²) in [6, 6.07) is 22.0. The Kier molecular flexibility index (Phi) is 7.77. The third kappa shape index (κ3) is 6.33. The number of rotatable bonds is 6. The van der Waals surface area contributed by atoms with E-state index in [4.69, 9.17) is 5.10 Å². The number of anilines is 2. The second-order valence-electron chi connectivity index (χ2n) is 13.1. The third-order valence-corrected chi connectivity index (χ3v) is 8.70. The predicted octanol–water partition coefficient (Wildman–Crippen LogP) is 7.14. The third-order valence-electron chi connectivity index (χ3n) is 8.70. The average molecular weight is 577 g/mol. The molecule has 0 saturated carbocycles. The average Bonchev–Trinajstić information content (AvgIpc) is 3.52. The van der Waals surface area contributed by atoms with Crippen LogP contribution in [-0.2, 0) is 11.8 Å². The van der Waals surface area contributed by atoms with Gasteiger partial charge in [0.05, 0.1) is 11.4 Å². The van der Waals surface area contributed by atoms with Gasteiger partial charge >= 0.3 is 6.03 Å². The first kappa shape index (κ1) is 28.6. The minimum absolute atomic E-state index is 0.129. The summed E-state index contributed by atoms with van der Waals surface area (Å²) < 4.78 is 1.79. The molecule has 2 N–H and O–H groups in total. The van der Waals surface area contributed by atoms with Gasteiger partial charge in [0.25, 0.3) is 5.91 Å². The Bertz CT molecular complexity index is 1590. The van der Waals surface area contributed by atoms with Crippen molar-refractivity contribution in [2.24, 2.45) is 5.92 Å². The Morgan fingerprint density at radius 3 is 2.28 bits per heavy atom. The maximum Gasteiger partial charge on any atom is 0.324 e. The lowest BCUT2D eigenvalue weighted by atomic mass is 9.85. The number of amides is 3. The number of hydrogen-bond acceptors (Lipinski definition) is 4. The molecule has 3 amide bonds. The highest BCUT2D eigenvalue weighted by atomic mass is 16.2. The lowest BCUT2D eigenvalue weighted by Gasteiger charge is -2.39. The van der Waals surface area contributed by atoms with Crippen LogP contribution >= 0.6 is 0 Å². The van der Waals surface area contributed by atoms with Gasteiger partial charge in [-0.15, -0.1) is 0 Å². The molecule has 4 heterocycles. The number of fused-ring (bicyclic) bond motifs is 2. The van der Waals surface area contributed by atoms with Gasteiger partial charge in [0, 0.05) is 47.2 Å². The first-order chi connectivity index (χ1) is 20.6. The predicted molar refractivity (Wildman–Crippen MR) is 170 cm³/mol. The number of aryl methyl sites for hydroxylation is 1. The van der Waals surface area contributed by atoms with Crippen LogP contribution in [0.15, 0.2) is 79.1 Å². The van der Waals surface area contributed by atoms with E-state index in [1.54, 1.807) is 17.1 Å². The number of piperidine rings is 1. The summed E-state index contributed by atoms with van der Waals surface area (Å²) in [4.78, 5) is 32.6. The molecule has 4 aromatic rings. The van der Waals surface area contributed by atoms with Gasteiger partial charge in [-0.3, -0.25) is 15.1 Å². The normalized spacial score (nSPS) is 19.7. The molecule has 43 heavy (non-hydrogen) atoms. The summed E-state index contributed by atoms with van der Waals surface area (Å²) in [5, 5.41) is 10.9.